The van der Waals surface area contributed by atoms with E-state index in [0.717, 1.165) is 24.6 Å². The Balaban J connectivity index is 1.40. The Morgan fingerprint density at radius 3 is 2.23 bits per heavy atom. The molecule has 6 N–H and O–H groups in total. The fourth-order valence-corrected chi connectivity index (χ4v) is 8.38. The number of carbonyl (C=O) groups is 3. The number of unbranched alkanes of at least 4 members (excludes halogenated alkanes) is 5. The largest absolute Gasteiger partial charge is 0.379 e. The highest BCUT2D eigenvalue weighted by atomic mass is 32.2. The van der Waals surface area contributed by atoms with Crippen LogP contribution >= 0.6 is 11.8 Å². The van der Waals surface area contributed by atoms with Crippen molar-refractivity contribution in [3.05, 3.63) is 59.2 Å². The number of aryl methyl sites for hydroxylation is 1. The van der Waals surface area contributed by atoms with E-state index in [1.165, 1.54) is 55.6 Å². The normalized spacial score (nSPS) is 15.3. The molecule has 17 heteroatoms. The fraction of sp³-hybridized carbons (Fsp3) is 0.564. The molecule has 0 spiro atoms. The zero-order valence-electron chi connectivity index (χ0n) is 33.7. The molecule has 0 aliphatic carbocycles. The molecule has 15 nitrogen and oxygen atoms in total. The summed E-state index contributed by atoms with van der Waals surface area (Å²) in [4.78, 5) is 47.5. The molecule has 2 aromatic carbocycles. The van der Waals surface area contributed by atoms with Gasteiger partial charge in [0.25, 0.3) is 10.0 Å². The average molecular weight is 821 g/mol. The zero-order valence-corrected chi connectivity index (χ0v) is 35.3. The van der Waals surface area contributed by atoms with Crippen molar-refractivity contribution in [2.75, 3.05) is 41.0 Å². The van der Waals surface area contributed by atoms with Gasteiger partial charge in [-0.25, -0.2) is 8.42 Å². The van der Waals surface area contributed by atoms with E-state index < -0.39 is 21.8 Å². The molecular weight excluding hydrogens is 761 g/mol. The molecule has 3 amide bonds. The lowest BCUT2D eigenvalue weighted by Gasteiger charge is -2.46. The highest BCUT2D eigenvalue weighted by molar-refractivity contribution is 8.02. The highest BCUT2D eigenvalue weighted by Gasteiger charge is 2.38. The highest BCUT2D eigenvalue weighted by Crippen LogP contribution is 2.30. The molecule has 1 fully saturated rings. The van der Waals surface area contributed by atoms with Gasteiger partial charge in [0.2, 0.25) is 5.91 Å². The van der Waals surface area contributed by atoms with E-state index in [-0.39, 0.29) is 46.0 Å². The third-order valence-electron chi connectivity index (χ3n) is 8.83. The van der Waals surface area contributed by atoms with Gasteiger partial charge in [-0.3, -0.25) is 30.0 Å². The van der Waals surface area contributed by atoms with E-state index in [2.05, 4.69) is 71.2 Å². The van der Waals surface area contributed by atoms with Crippen molar-refractivity contribution in [2.45, 2.75) is 122 Å². The van der Waals surface area contributed by atoms with E-state index in [1.54, 1.807) is 32.0 Å². The van der Waals surface area contributed by atoms with Crippen molar-refractivity contribution in [3.63, 3.8) is 0 Å². The van der Waals surface area contributed by atoms with Crippen LogP contribution in [0.5, 0.6) is 0 Å². The number of carbonyl (C=O) groups excluding carboxylic acids is 3. The summed E-state index contributed by atoms with van der Waals surface area (Å²) in [7, 11) is -4.06. The van der Waals surface area contributed by atoms with E-state index in [4.69, 9.17) is 14.5 Å². The van der Waals surface area contributed by atoms with Crippen molar-refractivity contribution < 1.29 is 42.4 Å². The number of hydrogen-bond donors (Lipinski definition) is 6. The molecule has 0 saturated carbocycles. The molecule has 0 bridgehead atoms. The molecule has 56 heavy (non-hydrogen) atoms. The molecule has 1 heterocycles. The summed E-state index contributed by atoms with van der Waals surface area (Å²) in [5.41, 5.74) is 6.81. The maximum absolute atomic E-state index is 13.4. The Labute approximate surface area is 336 Å². The maximum Gasteiger partial charge on any atom is 0.327 e. The summed E-state index contributed by atoms with van der Waals surface area (Å²) in [5, 5.41) is 15.3. The third kappa shape index (κ3) is 16.7. The number of anilines is 3. The van der Waals surface area contributed by atoms with Gasteiger partial charge in [-0.2, -0.15) is 4.89 Å². The minimum Gasteiger partial charge on any atom is -0.379 e. The van der Waals surface area contributed by atoms with E-state index >= 15 is 0 Å². The molecule has 3 rings (SSSR count). The Morgan fingerprint density at radius 2 is 1.54 bits per heavy atom. The molecule has 312 valence electrons. The van der Waals surface area contributed by atoms with Crippen LogP contribution in [0.1, 0.15) is 97.1 Å². The van der Waals surface area contributed by atoms with Crippen LogP contribution in [-0.4, -0.2) is 68.8 Å². The van der Waals surface area contributed by atoms with Crippen molar-refractivity contribution in [1.29, 1.82) is 0 Å². The van der Waals surface area contributed by atoms with Crippen LogP contribution in [0.15, 0.2) is 53.0 Å². The molecule has 1 aliphatic heterocycles. The number of sulfonamides is 1. The molecular formula is C39H60N6O9S2. The molecule has 2 aromatic rings. The number of piperidine rings is 1. The van der Waals surface area contributed by atoms with Gasteiger partial charge in [-0.15, -0.1) is 11.8 Å². The monoisotopic (exact) mass is 820 g/mol. The van der Waals surface area contributed by atoms with Gasteiger partial charge in [0.15, 0.2) is 0 Å². The van der Waals surface area contributed by atoms with Crippen LogP contribution in [0.4, 0.5) is 17.1 Å². The van der Waals surface area contributed by atoms with Gasteiger partial charge in [0.05, 0.1) is 22.9 Å². The van der Waals surface area contributed by atoms with Crippen LogP contribution in [0.25, 0.3) is 0 Å². The van der Waals surface area contributed by atoms with Gasteiger partial charge >= 0.3 is 11.8 Å². The lowest BCUT2D eigenvalue weighted by Crippen LogP contribution is -2.63. The summed E-state index contributed by atoms with van der Waals surface area (Å²) >= 11 is 1.14. The molecule has 0 aromatic heterocycles. The minimum atomic E-state index is -4.06. The predicted octanol–water partition coefficient (Wildman–Crippen LogP) is 6.37. The topological polar surface area (TPSA) is 194 Å². The van der Waals surface area contributed by atoms with Gasteiger partial charge in [0.1, 0.15) is 12.9 Å². The van der Waals surface area contributed by atoms with E-state index in [1.807, 2.05) is 0 Å². The number of amides is 3. The van der Waals surface area contributed by atoms with Crippen LogP contribution in [0, 0.1) is 13.8 Å². The second kappa shape index (κ2) is 22.8. The minimum absolute atomic E-state index is 0.00898. The number of rotatable bonds is 23. The first-order chi connectivity index (χ1) is 26.5. The number of thioether (sulfide) groups is 1. The Hall–Kier alpha value is -3.87. The van der Waals surface area contributed by atoms with Crippen LogP contribution in [-0.2, 0) is 44.0 Å². The maximum atomic E-state index is 13.4. The summed E-state index contributed by atoms with van der Waals surface area (Å²) in [5.74, 6) is -1.92. The molecule has 0 atom stereocenters. The first-order valence-corrected chi connectivity index (χ1v) is 21.5. The molecule has 0 radical (unpaired) electrons. The van der Waals surface area contributed by atoms with E-state index in [9.17, 15) is 22.8 Å². The third-order valence-corrected chi connectivity index (χ3v) is 11.1. The number of hydrazine groups is 1. The summed E-state index contributed by atoms with van der Waals surface area (Å²) in [6.45, 7) is 15.1. The Kier molecular flexibility index (Phi) is 18.9. The van der Waals surface area contributed by atoms with Crippen LogP contribution in [0.2, 0.25) is 0 Å². The SMILES string of the molecule is CCCCCCCCOCCOOOC=CSCC(=O)Nc1c(C)ccc(S(=O)(=O)Nc2ccc(NNC(=O)C(=O)NC3CC(C)(C)NC(C)(C)C3)cc2)c1C. The predicted molar refractivity (Wildman–Crippen MR) is 220 cm³/mol. The lowest BCUT2D eigenvalue weighted by molar-refractivity contribution is -0.491. The number of ether oxygens (including phenoxy) is 1. The smallest absolute Gasteiger partial charge is 0.327 e. The van der Waals surface area contributed by atoms with Gasteiger partial charge in [0, 0.05) is 40.5 Å². The number of nitrogens with one attached hydrogen (secondary N) is 6. The Morgan fingerprint density at radius 1 is 0.875 bits per heavy atom. The Bertz CT molecular complexity index is 1700. The molecule has 1 saturated heterocycles. The van der Waals surface area contributed by atoms with Crippen molar-refractivity contribution in [2.24, 2.45) is 0 Å². The van der Waals surface area contributed by atoms with E-state index in [0.29, 0.717) is 48.6 Å². The zero-order chi connectivity index (χ0) is 41.2. The quantitative estimate of drug-likeness (QED) is 0.0239. The summed E-state index contributed by atoms with van der Waals surface area (Å²) in [6.07, 6.45) is 9.79. The lowest BCUT2D eigenvalue weighted by atomic mass is 9.79. The van der Waals surface area contributed by atoms with Gasteiger partial charge < -0.3 is 25.6 Å². The number of hydrogen-bond acceptors (Lipinski definition) is 12. The van der Waals surface area contributed by atoms with Crippen molar-refractivity contribution >= 4 is 56.6 Å². The van der Waals surface area contributed by atoms with Crippen molar-refractivity contribution in [1.82, 2.24) is 16.1 Å². The molecule has 0 unspecified atom stereocenters. The second-order valence-corrected chi connectivity index (χ2v) is 17.7. The van der Waals surface area contributed by atoms with Crippen LogP contribution in [0.3, 0.4) is 0 Å². The standard InChI is InChI=1S/C39H60N6O9S2/c1-8-9-10-11-12-13-20-51-21-22-52-54-53-23-24-55-27-34(46)41-35-28(2)14-19-33(29(35)3)56(49,50)44-31-17-15-30(16-18-31)42-43-37(48)36(47)40-32-25-38(4,5)45-39(6,7)26-32/h14-19,23-24,32,42,44-45H,8-13,20-22,25-27H2,1-7H3,(H,40,47)(H,41,46)(H,43,48). The first-order valence-electron chi connectivity index (χ1n) is 19.0. The van der Waals surface area contributed by atoms with Gasteiger partial charge in [-0.05, 0) is 107 Å². The van der Waals surface area contributed by atoms with Crippen molar-refractivity contribution in [3.8, 4) is 0 Å². The molecule has 1 aliphatic rings. The first kappa shape index (κ1) is 46.5. The summed E-state index contributed by atoms with van der Waals surface area (Å²) in [6, 6.07) is 9.04. The average Bonchev–Trinajstić information content (AvgIpc) is 3.11. The summed E-state index contributed by atoms with van der Waals surface area (Å²) < 4.78 is 34.9. The second-order valence-electron chi connectivity index (χ2n) is 15.1. The van der Waals surface area contributed by atoms with Crippen LogP contribution < -0.4 is 31.5 Å². The fourth-order valence-electron chi connectivity index (χ4n) is 6.63. The number of benzene rings is 2. The van der Waals surface area contributed by atoms with Gasteiger partial charge in [-0.1, -0.05) is 45.1 Å².